The van der Waals surface area contributed by atoms with Gasteiger partial charge in [-0.3, -0.25) is 4.79 Å². The third kappa shape index (κ3) is 7.60. The summed E-state index contributed by atoms with van der Waals surface area (Å²) in [4.78, 5) is 18.2. The Morgan fingerprint density at radius 1 is 1.22 bits per heavy atom. The summed E-state index contributed by atoms with van der Waals surface area (Å²) in [5.41, 5.74) is 1.40. The zero-order chi connectivity index (χ0) is 23.6. The smallest absolute Gasteiger partial charge is 0.332 e. The van der Waals surface area contributed by atoms with E-state index in [4.69, 9.17) is 0 Å². The maximum atomic E-state index is 12.9. The number of rotatable bonds is 13. The van der Waals surface area contributed by atoms with Gasteiger partial charge in [0.2, 0.25) is 0 Å². The molecule has 0 amide bonds. The molecule has 0 atom stereocenters. The molecule has 176 valence electrons. The van der Waals surface area contributed by atoms with Crippen molar-refractivity contribution in [2.75, 3.05) is 33.2 Å². The van der Waals surface area contributed by atoms with E-state index in [1.165, 1.54) is 30.1 Å². The average Bonchev–Trinajstić information content (AvgIpc) is 3.13. The molecule has 32 heavy (non-hydrogen) atoms. The van der Waals surface area contributed by atoms with Crippen molar-refractivity contribution >= 4 is 16.8 Å². The van der Waals surface area contributed by atoms with Crippen LogP contribution in [0.2, 0.25) is 0 Å². The molecule has 2 aromatic rings. The van der Waals surface area contributed by atoms with Crippen molar-refractivity contribution in [1.82, 2.24) is 19.8 Å². The number of hydrogen-bond acceptors (Lipinski definition) is 4. The zero-order valence-corrected chi connectivity index (χ0v) is 19.1. The van der Waals surface area contributed by atoms with E-state index in [1.54, 1.807) is 4.57 Å². The lowest BCUT2D eigenvalue weighted by Gasteiger charge is -2.17. The van der Waals surface area contributed by atoms with E-state index in [0.717, 1.165) is 45.4 Å². The second-order valence-corrected chi connectivity index (χ2v) is 7.81. The molecule has 0 saturated carbocycles. The Hall–Kier alpha value is -2.45. The third-order valence-corrected chi connectivity index (χ3v) is 5.32. The fraction of sp³-hybridized carbons (Fsp3) is 0.500. The van der Waals surface area contributed by atoms with Gasteiger partial charge in [0.05, 0.1) is 5.56 Å². The summed E-state index contributed by atoms with van der Waals surface area (Å²) in [6.45, 7) is 8.19. The van der Waals surface area contributed by atoms with Crippen molar-refractivity contribution in [2.45, 2.75) is 45.8 Å². The molecule has 0 fully saturated rings. The van der Waals surface area contributed by atoms with Crippen LogP contribution in [0, 0.1) is 0 Å². The molecule has 8 heteroatoms. The van der Waals surface area contributed by atoms with Crippen molar-refractivity contribution in [3.63, 3.8) is 0 Å². The first kappa shape index (κ1) is 25.8. The van der Waals surface area contributed by atoms with Crippen LogP contribution in [0.25, 0.3) is 11.0 Å². The molecule has 0 saturated heterocycles. The van der Waals surface area contributed by atoms with E-state index in [0.29, 0.717) is 12.2 Å². The van der Waals surface area contributed by atoms with Crippen molar-refractivity contribution in [3.05, 3.63) is 53.9 Å². The normalized spacial score (nSPS) is 13.0. The number of alkyl halides is 3. The third-order valence-electron chi connectivity index (χ3n) is 5.32. The molecule has 1 N–H and O–H groups in total. The maximum Gasteiger partial charge on any atom is 0.454 e. The first-order valence-electron chi connectivity index (χ1n) is 11.0. The molecular formula is C24H33F3N4O. The summed E-state index contributed by atoms with van der Waals surface area (Å²) in [7, 11) is 2.12. The highest BCUT2D eigenvalue weighted by Crippen LogP contribution is 2.27. The SMILES string of the molecule is C/C=C\C(=C/C)CCN(C)CCCNCCCn1cc(C(=O)C(F)(F)F)c2cccnc21. The van der Waals surface area contributed by atoms with Gasteiger partial charge in [0, 0.05) is 30.9 Å². The summed E-state index contributed by atoms with van der Waals surface area (Å²) in [6.07, 6.45) is 7.01. The predicted octanol–water partition coefficient (Wildman–Crippen LogP) is 5.00. The van der Waals surface area contributed by atoms with E-state index in [-0.39, 0.29) is 10.9 Å². The molecule has 0 radical (unpaired) electrons. The molecule has 0 aromatic carbocycles. The van der Waals surface area contributed by atoms with E-state index >= 15 is 0 Å². The van der Waals surface area contributed by atoms with Crippen LogP contribution in [-0.4, -0.2) is 59.6 Å². The number of carbonyl (C=O) groups is 1. The Labute approximate surface area is 188 Å². The summed E-state index contributed by atoms with van der Waals surface area (Å²) in [5.74, 6) is -1.83. The molecular weight excluding hydrogens is 417 g/mol. The van der Waals surface area contributed by atoms with Gasteiger partial charge in [0.25, 0.3) is 5.78 Å². The van der Waals surface area contributed by atoms with Gasteiger partial charge < -0.3 is 14.8 Å². The molecule has 0 aliphatic heterocycles. The molecule has 0 aliphatic rings. The molecule has 0 unspecified atom stereocenters. The van der Waals surface area contributed by atoms with E-state index in [9.17, 15) is 18.0 Å². The molecule has 2 heterocycles. The van der Waals surface area contributed by atoms with Crippen LogP contribution in [-0.2, 0) is 6.54 Å². The zero-order valence-electron chi connectivity index (χ0n) is 19.1. The van der Waals surface area contributed by atoms with Gasteiger partial charge in [0.15, 0.2) is 0 Å². The van der Waals surface area contributed by atoms with Crippen molar-refractivity contribution in [1.29, 1.82) is 0 Å². The quantitative estimate of drug-likeness (QED) is 0.265. The Kier molecular flexibility index (Phi) is 10.1. The number of pyridine rings is 1. The standard InChI is InChI=1S/C24H33F3N4O/c1-4-9-19(5-2)11-17-30(3)15-7-12-28-13-8-16-31-18-21(22(32)24(25,26)27)20-10-6-14-29-23(20)31/h4-6,9-10,14,18,28H,7-8,11-13,15-17H2,1-3H3/b9-4-,19-5+. The lowest BCUT2D eigenvalue weighted by atomic mass is 10.1. The monoisotopic (exact) mass is 450 g/mol. The van der Waals surface area contributed by atoms with Gasteiger partial charge in [0.1, 0.15) is 5.65 Å². The van der Waals surface area contributed by atoms with Crippen molar-refractivity contribution < 1.29 is 18.0 Å². The Balaban J connectivity index is 1.74. The number of ketones is 1. The number of hydrogen-bond donors (Lipinski definition) is 1. The minimum absolute atomic E-state index is 0.237. The van der Waals surface area contributed by atoms with Gasteiger partial charge in [-0.05, 0) is 71.9 Å². The fourth-order valence-corrected chi connectivity index (χ4v) is 3.57. The van der Waals surface area contributed by atoms with Crippen LogP contribution in [0.1, 0.15) is 43.5 Å². The van der Waals surface area contributed by atoms with Crippen LogP contribution in [0.3, 0.4) is 0 Å². The molecule has 2 rings (SSSR count). The number of aryl methyl sites for hydroxylation is 1. The summed E-state index contributed by atoms with van der Waals surface area (Å²) in [5, 5.41) is 3.62. The van der Waals surface area contributed by atoms with Crippen molar-refractivity contribution in [2.24, 2.45) is 0 Å². The fourth-order valence-electron chi connectivity index (χ4n) is 3.57. The summed E-state index contributed by atoms with van der Waals surface area (Å²) in [6, 6.07) is 3.04. The van der Waals surface area contributed by atoms with Crippen LogP contribution in [0.4, 0.5) is 13.2 Å². The van der Waals surface area contributed by atoms with Crippen molar-refractivity contribution in [3.8, 4) is 0 Å². The van der Waals surface area contributed by atoms with E-state index < -0.39 is 12.0 Å². The van der Waals surface area contributed by atoms with Gasteiger partial charge in [-0.2, -0.15) is 13.2 Å². The number of aromatic nitrogens is 2. The van der Waals surface area contributed by atoms with E-state index in [2.05, 4.69) is 47.4 Å². The van der Waals surface area contributed by atoms with Crippen LogP contribution < -0.4 is 5.32 Å². The predicted molar refractivity (Wildman–Crippen MR) is 123 cm³/mol. The number of nitrogens with zero attached hydrogens (tertiary/aromatic N) is 3. The highest BCUT2D eigenvalue weighted by atomic mass is 19.4. The van der Waals surface area contributed by atoms with Gasteiger partial charge in [-0.25, -0.2) is 4.98 Å². The molecule has 0 spiro atoms. The summed E-state index contributed by atoms with van der Waals surface area (Å²) < 4.78 is 40.3. The second kappa shape index (κ2) is 12.6. The number of nitrogens with one attached hydrogen (secondary N) is 1. The number of carbonyl (C=O) groups excluding carboxylic acids is 1. The van der Waals surface area contributed by atoms with Crippen LogP contribution in [0.5, 0.6) is 0 Å². The molecule has 0 bridgehead atoms. The Bertz CT molecular complexity index is 931. The van der Waals surface area contributed by atoms with Gasteiger partial charge in [-0.15, -0.1) is 0 Å². The largest absolute Gasteiger partial charge is 0.454 e. The number of halogens is 3. The topological polar surface area (TPSA) is 50.2 Å². The highest BCUT2D eigenvalue weighted by Gasteiger charge is 2.40. The highest BCUT2D eigenvalue weighted by molar-refractivity contribution is 6.10. The summed E-state index contributed by atoms with van der Waals surface area (Å²) >= 11 is 0. The molecule has 2 aromatic heterocycles. The molecule has 0 aliphatic carbocycles. The first-order chi connectivity index (χ1) is 15.3. The van der Waals surface area contributed by atoms with E-state index in [1.807, 2.05) is 6.92 Å². The maximum absolute atomic E-state index is 12.9. The van der Waals surface area contributed by atoms with Crippen LogP contribution >= 0.6 is 0 Å². The molecule has 5 nitrogen and oxygen atoms in total. The number of Topliss-reactive ketones (excluding diaryl/α,β-unsaturated/α-hetero) is 1. The van der Waals surface area contributed by atoms with Gasteiger partial charge in [-0.1, -0.05) is 23.8 Å². The lowest BCUT2D eigenvalue weighted by molar-refractivity contribution is -0.0884. The number of allylic oxidation sites excluding steroid dienone is 3. The average molecular weight is 451 g/mol. The minimum atomic E-state index is -4.90. The Morgan fingerprint density at radius 2 is 1.97 bits per heavy atom. The minimum Gasteiger partial charge on any atom is -0.332 e. The van der Waals surface area contributed by atoms with Crippen LogP contribution in [0.15, 0.2) is 48.3 Å². The number of fused-ring (bicyclic) bond motifs is 1. The van der Waals surface area contributed by atoms with Gasteiger partial charge >= 0.3 is 6.18 Å². The Morgan fingerprint density at radius 3 is 2.66 bits per heavy atom. The lowest BCUT2D eigenvalue weighted by Crippen LogP contribution is -2.26. The second-order valence-electron chi connectivity index (χ2n) is 7.81. The first-order valence-corrected chi connectivity index (χ1v) is 11.0.